The van der Waals surface area contributed by atoms with E-state index in [4.69, 9.17) is 0 Å². The van der Waals surface area contributed by atoms with Gasteiger partial charge in [0.2, 0.25) is 11.8 Å². The van der Waals surface area contributed by atoms with Crippen LogP contribution >= 0.6 is 0 Å². The second-order valence-electron chi connectivity index (χ2n) is 7.62. The van der Waals surface area contributed by atoms with Crippen LogP contribution < -0.4 is 11.2 Å². The summed E-state index contributed by atoms with van der Waals surface area (Å²) in [4.78, 5) is 53.7. The van der Waals surface area contributed by atoms with Gasteiger partial charge >= 0.3 is 5.69 Å². The molecule has 1 saturated heterocycles. The Hall–Kier alpha value is -3.16. The van der Waals surface area contributed by atoms with Gasteiger partial charge in [0.25, 0.3) is 5.56 Å². The Bertz CT molecular complexity index is 1010. The molecule has 1 aliphatic heterocycles. The highest BCUT2D eigenvalue weighted by molar-refractivity contribution is 5.83. The lowest BCUT2D eigenvalue weighted by Crippen LogP contribution is -2.51. The summed E-state index contributed by atoms with van der Waals surface area (Å²) in [5.74, 6) is 0.514. The predicted octanol–water partition coefficient (Wildman–Crippen LogP) is 0.401. The number of hydrogen-bond donors (Lipinski definition) is 1. The van der Waals surface area contributed by atoms with Crippen LogP contribution in [0.4, 0.5) is 0 Å². The van der Waals surface area contributed by atoms with Crippen molar-refractivity contribution in [3.63, 3.8) is 0 Å². The largest absolute Gasteiger partial charge is 0.339 e. The zero-order chi connectivity index (χ0) is 20.4. The fourth-order valence-corrected chi connectivity index (χ4v) is 3.94. The van der Waals surface area contributed by atoms with Crippen LogP contribution in [0, 0.1) is 5.92 Å². The first kappa shape index (κ1) is 19.2. The summed E-state index contributed by atoms with van der Waals surface area (Å²) in [6.45, 7) is 2.32. The first-order chi connectivity index (χ1) is 14.0. The lowest BCUT2D eigenvalue weighted by Gasteiger charge is -2.35. The Morgan fingerprint density at radius 1 is 0.966 bits per heavy atom. The van der Waals surface area contributed by atoms with Crippen molar-refractivity contribution >= 4 is 11.8 Å². The summed E-state index contributed by atoms with van der Waals surface area (Å²) in [5, 5.41) is 0. The molecule has 1 N–H and O–H groups in total. The standard InChI is InChI=1S/C21H24N4O4/c26-18-6-8-25(21(29)22-18)9-7-19(27)23-10-12-24(13-11-23)20(28)17-14-16(17)15-4-2-1-3-5-15/h1-6,8,16-17H,7,9-14H2,(H,22,26,29). The number of aryl methyl sites for hydroxylation is 1. The molecule has 8 heteroatoms. The second-order valence-corrected chi connectivity index (χ2v) is 7.62. The summed E-state index contributed by atoms with van der Waals surface area (Å²) < 4.78 is 1.32. The number of nitrogens with zero attached hydrogens (tertiary/aromatic N) is 3. The average molecular weight is 396 g/mol. The molecular weight excluding hydrogens is 372 g/mol. The lowest BCUT2D eigenvalue weighted by atomic mass is 10.1. The molecule has 1 saturated carbocycles. The van der Waals surface area contributed by atoms with E-state index in [2.05, 4.69) is 17.1 Å². The number of aromatic amines is 1. The van der Waals surface area contributed by atoms with E-state index in [0.717, 1.165) is 6.42 Å². The first-order valence-corrected chi connectivity index (χ1v) is 9.94. The summed E-state index contributed by atoms with van der Waals surface area (Å²) >= 11 is 0. The number of piperazine rings is 1. The predicted molar refractivity (Wildman–Crippen MR) is 106 cm³/mol. The van der Waals surface area contributed by atoms with E-state index in [1.165, 1.54) is 22.4 Å². The van der Waals surface area contributed by atoms with Gasteiger partial charge in [-0.1, -0.05) is 30.3 Å². The van der Waals surface area contributed by atoms with Crippen molar-refractivity contribution in [1.29, 1.82) is 0 Å². The monoisotopic (exact) mass is 396 g/mol. The number of benzene rings is 1. The summed E-state index contributed by atoms with van der Waals surface area (Å²) in [5.41, 5.74) is 0.249. The molecule has 29 heavy (non-hydrogen) atoms. The van der Waals surface area contributed by atoms with Gasteiger partial charge in [0, 0.05) is 57.3 Å². The number of amides is 2. The van der Waals surface area contributed by atoms with Gasteiger partial charge in [-0.15, -0.1) is 0 Å². The molecule has 2 aliphatic rings. The van der Waals surface area contributed by atoms with E-state index in [1.807, 2.05) is 23.1 Å². The maximum atomic E-state index is 12.8. The summed E-state index contributed by atoms with van der Waals surface area (Å²) in [6, 6.07) is 11.4. The van der Waals surface area contributed by atoms with Gasteiger partial charge in [0.1, 0.15) is 0 Å². The van der Waals surface area contributed by atoms with E-state index in [-0.39, 0.29) is 30.7 Å². The minimum absolute atomic E-state index is 0.0521. The zero-order valence-electron chi connectivity index (χ0n) is 16.1. The second kappa shape index (κ2) is 8.06. The van der Waals surface area contributed by atoms with E-state index >= 15 is 0 Å². The van der Waals surface area contributed by atoms with Crippen molar-refractivity contribution in [3.05, 3.63) is 69.0 Å². The van der Waals surface area contributed by atoms with E-state index < -0.39 is 11.2 Å². The maximum Gasteiger partial charge on any atom is 0.328 e. The Morgan fingerprint density at radius 3 is 2.34 bits per heavy atom. The number of carbonyl (C=O) groups is 2. The molecule has 0 spiro atoms. The Labute approximate surface area is 167 Å². The SMILES string of the molecule is O=C(CCn1ccc(=O)[nH]c1=O)N1CCN(C(=O)C2CC2c2ccccc2)CC1. The van der Waals surface area contributed by atoms with E-state index in [9.17, 15) is 19.2 Å². The molecule has 2 aromatic rings. The van der Waals surface area contributed by atoms with E-state index in [1.54, 1.807) is 4.90 Å². The summed E-state index contributed by atoms with van der Waals surface area (Å²) in [7, 11) is 0. The van der Waals surface area contributed by atoms with Gasteiger partial charge in [0.15, 0.2) is 0 Å². The zero-order valence-corrected chi connectivity index (χ0v) is 16.1. The molecule has 2 atom stereocenters. The van der Waals surface area contributed by atoms with Crippen LogP contribution in [0.1, 0.15) is 24.3 Å². The van der Waals surface area contributed by atoms with Gasteiger partial charge in [0.05, 0.1) is 0 Å². The van der Waals surface area contributed by atoms with Crippen LogP contribution in [-0.2, 0) is 16.1 Å². The molecule has 1 aliphatic carbocycles. The number of carbonyl (C=O) groups excluding carboxylic acids is 2. The normalized spacial score (nSPS) is 21.1. The Morgan fingerprint density at radius 2 is 1.66 bits per heavy atom. The summed E-state index contributed by atoms with van der Waals surface area (Å²) in [6.07, 6.45) is 2.47. The van der Waals surface area contributed by atoms with Crippen molar-refractivity contribution in [2.24, 2.45) is 5.92 Å². The fraction of sp³-hybridized carbons (Fsp3) is 0.429. The first-order valence-electron chi connectivity index (χ1n) is 9.94. The van der Waals surface area contributed by atoms with Crippen molar-refractivity contribution in [1.82, 2.24) is 19.4 Å². The van der Waals surface area contributed by atoms with Crippen molar-refractivity contribution < 1.29 is 9.59 Å². The van der Waals surface area contributed by atoms with Crippen LogP contribution in [0.2, 0.25) is 0 Å². The molecule has 1 aromatic heterocycles. The van der Waals surface area contributed by atoms with Crippen LogP contribution in [-0.4, -0.2) is 57.3 Å². The molecule has 2 fully saturated rings. The molecule has 0 radical (unpaired) electrons. The van der Waals surface area contributed by atoms with Crippen molar-refractivity contribution in [2.45, 2.75) is 25.3 Å². The van der Waals surface area contributed by atoms with Gasteiger partial charge in [-0.25, -0.2) is 4.79 Å². The molecule has 8 nitrogen and oxygen atoms in total. The number of hydrogen-bond acceptors (Lipinski definition) is 4. The quantitative estimate of drug-likeness (QED) is 0.791. The average Bonchev–Trinajstić information content (AvgIpc) is 3.54. The molecule has 2 unspecified atom stereocenters. The molecule has 2 amide bonds. The third-order valence-corrected chi connectivity index (χ3v) is 5.74. The van der Waals surface area contributed by atoms with Crippen LogP contribution in [0.5, 0.6) is 0 Å². The molecule has 4 rings (SSSR count). The minimum atomic E-state index is -0.516. The van der Waals surface area contributed by atoms with Crippen LogP contribution in [0.3, 0.4) is 0 Å². The number of aromatic nitrogens is 2. The Kier molecular flexibility index (Phi) is 5.33. The van der Waals surface area contributed by atoms with Gasteiger partial charge in [-0.2, -0.15) is 0 Å². The van der Waals surface area contributed by atoms with E-state index in [0.29, 0.717) is 32.1 Å². The van der Waals surface area contributed by atoms with Crippen molar-refractivity contribution in [3.8, 4) is 0 Å². The molecular formula is C21H24N4O4. The van der Waals surface area contributed by atoms with Crippen molar-refractivity contribution in [2.75, 3.05) is 26.2 Å². The topological polar surface area (TPSA) is 95.5 Å². The third-order valence-electron chi connectivity index (χ3n) is 5.74. The smallest absolute Gasteiger partial charge is 0.328 e. The number of H-pyrrole nitrogens is 1. The molecule has 2 heterocycles. The highest BCUT2D eigenvalue weighted by Crippen LogP contribution is 2.48. The molecule has 0 bridgehead atoms. The number of nitrogens with one attached hydrogen (secondary N) is 1. The minimum Gasteiger partial charge on any atom is -0.339 e. The Balaban J connectivity index is 1.25. The molecule has 152 valence electrons. The molecule has 1 aromatic carbocycles. The van der Waals surface area contributed by atoms with Crippen LogP contribution in [0.15, 0.2) is 52.2 Å². The highest BCUT2D eigenvalue weighted by Gasteiger charge is 2.46. The highest BCUT2D eigenvalue weighted by atomic mass is 16.2. The van der Waals surface area contributed by atoms with Gasteiger partial charge < -0.3 is 14.4 Å². The fourth-order valence-electron chi connectivity index (χ4n) is 3.94. The van der Waals surface area contributed by atoms with Gasteiger partial charge in [-0.05, 0) is 17.9 Å². The van der Waals surface area contributed by atoms with Crippen LogP contribution in [0.25, 0.3) is 0 Å². The third kappa shape index (κ3) is 4.31. The lowest BCUT2D eigenvalue weighted by molar-refractivity contribution is -0.140. The van der Waals surface area contributed by atoms with Gasteiger partial charge in [-0.3, -0.25) is 19.4 Å². The number of rotatable bonds is 5. The maximum absolute atomic E-state index is 12.8.